The second-order valence-corrected chi connectivity index (χ2v) is 10.4. The van der Waals surface area contributed by atoms with E-state index in [0.717, 1.165) is 5.92 Å². The number of alkyl halides is 5. The Bertz CT molecular complexity index is 116. The van der Waals surface area contributed by atoms with Crippen molar-refractivity contribution >= 4 is 22.6 Å². The van der Waals surface area contributed by atoms with Gasteiger partial charge in [0.15, 0.2) is 0 Å². The SMILES string of the molecule is C[I-]CCC1[I-]CCC1CCI. The van der Waals surface area contributed by atoms with Gasteiger partial charge in [-0.25, -0.2) is 0 Å². The maximum absolute atomic E-state index is 2.54. The topological polar surface area (TPSA) is 0 Å². The molecule has 2 atom stereocenters. The molecule has 1 fully saturated rings. The van der Waals surface area contributed by atoms with E-state index in [0.29, 0.717) is 42.4 Å². The van der Waals surface area contributed by atoms with Crippen molar-refractivity contribution in [3.8, 4) is 0 Å². The number of halogens is 3. The molecule has 0 nitrogen and oxygen atoms in total. The van der Waals surface area contributed by atoms with Gasteiger partial charge in [-0.1, -0.05) is 0 Å². The van der Waals surface area contributed by atoms with Crippen molar-refractivity contribution < 1.29 is 42.4 Å². The van der Waals surface area contributed by atoms with Crippen molar-refractivity contribution in [2.24, 2.45) is 5.92 Å². The average molecular weight is 506 g/mol. The Hall–Kier alpha value is 2.19. The van der Waals surface area contributed by atoms with Crippen molar-refractivity contribution in [1.82, 2.24) is 0 Å². The Morgan fingerprint density at radius 2 is 2.33 bits per heavy atom. The molecule has 0 aromatic rings. The molecule has 1 saturated heterocycles. The first kappa shape index (κ1) is 12.3. The Kier molecular flexibility index (Phi) is 7.64. The summed E-state index contributed by atoms with van der Waals surface area (Å²) in [5.74, 6) is 1.16. The van der Waals surface area contributed by atoms with Gasteiger partial charge in [0, 0.05) is 0 Å². The zero-order chi connectivity index (χ0) is 8.81. The van der Waals surface area contributed by atoms with Gasteiger partial charge < -0.3 is 0 Å². The van der Waals surface area contributed by atoms with Crippen LogP contribution >= 0.6 is 22.6 Å². The monoisotopic (exact) mass is 506 g/mol. The zero-order valence-electron chi connectivity index (χ0n) is 7.53. The van der Waals surface area contributed by atoms with Gasteiger partial charge in [0.25, 0.3) is 0 Å². The molecule has 0 aromatic carbocycles. The van der Waals surface area contributed by atoms with Gasteiger partial charge in [-0.05, 0) is 0 Å². The van der Waals surface area contributed by atoms with E-state index in [9.17, 15) is 0 Å². The van der Waals surface area contributed by atoms with Crippen LogP contribution in [0.1, 0.15) is 19.3 Å². The molecule has 1 aliphatic heterocycles. The summed E-state index contributed by atoms with van der Waals surface area (Å²) in [6, 6.07) is 0. The first-order valence-corrected chi connectivity index (χ1v) is 12.4. The van der Waals surface area contributed by atoms with Gasteiger partial charge in [-0.15, -0.1) is 0 Å². The molecule has 0 bridgehead atoms. The van der Waals surface area contributed by atoms with Crippen LogP contribution in [0, 0.1) is 5.92 Å². The summed E-state index contributed by atoms with van der Waals surface area (Å²) >= 11 is 3.75. The van der Waals surface area contributed by atoms with Gasteiger partial charge in [0.2, 0.25) is 0 Å². The summed E-state index contributed by atoms with van der Waals surface area (Å²) in [6.45, 7) is 0. The number of rotatable bonds is 5. The fraction of sp³-hybridized carbons (Fsp3) is 1.00. The van der Waals surface area contributed by atoms with E-state index in [-0.39, 0.29) is 0 Å². The molecule has 0 spiro atoms. The first-order chi connectivity index (χ1) is 5.88. The Balaban J connectivity index is 2.20. The molecule has 0 aliphatic carbocycles. The summed E-state index contributed by atoms with van der Waals surface area (Å²) in [6.07, 6.45) is 4.72. The minimum atomic E-state index is 0.576. The maximum atomic E-state index is 2.54. The third kappa shape index (κ3) is 4.14. The van der Waals surface area contributed by atoms with Gasteiger partial charge in [0.1, 0.15) is 0 Å². The van der Waals surface area contributed by atoms with Crippen molar-refractivity contribution in [2.75, 3.05) is 18.2 Å². The van der Waals surface area contributed by atoms with E-state index in [4.69, 9.17) is 0 Å². The third-order valence-corrected chi connectivity index (χ3v) is 8.69. The van der Waals surface area contributed by atoms with Crippen LogP contribution in [0.25, 0.3) is 0 Å². The summed E-state index contributed by atoms with van der Waals surface area (Å²) < 4.78 is 5.86. The molecule has 1 aliphatic rings. The molecule has 0 amide bonds. The van der Waals surface area contributed by atoms with Gasteiger partial charge in [0.05, 0.1) is 0 Å². The molecule has 1 rings (SSSR count). The normalized spacial score (nSPS) is 30.5. The molecule has 76 valence electrons. The number of hydrogen-bond acceptors (Lipinski definition) is 0. The predicted molar refractivity (Wildman–Crippen MR) is 55.7 cm³/mol. The van der Waals surface area contributed by atoms with E-state index in [1.807, 2.05) is 0 Å². The van der Waals surface area contributed by atoms with Gasteiger partial charge in [-0.2, -0.15) is 0 Å². The second kappa shape index (κ2) is 7.48. The molecule has 0 N–H and O–H groups in total. The van der Waals surface area contributed by atoms with Crippen LogP contribution in [-0.2, 0) is 0 Å². The van der Waals surface area contributed by atoms with E-state index < -0.39 is 0 Å². The van der Waals surface area contributed by atoms with Crippen LogP contribution in [0.2, 0.25) is 0 Å². The minimum absolute atomic E-state index is 0.576. The van der Waals surface area contributed by atoms with Crippen molar-refractivity contribution in [3.63, 3.8) is 0 Å². The Labute approximate surface area is 111 Å². The molecular weight excluding hydrogens is 489 g/mol. The summed E-state index contributed by atoms with van der Waals surface area (Å²) in [5, 5.41) is 0. The van der Waals surface area contributed by atoms with E-state index in [1.54, 1.807) is 21.7 Å². The van der Waals surface area contributed by atoms with E-state index in [1.165, 1.54) is 14.8 Å². The van der Waals surface area contributed by atoms with Crippen LogP contribution in [-0.4, -0.2) is 22.1 Å². The second-order valence-electron chi connectivity index (χ2n) is 3.13. The van der Waals surface area contributed by atoms with Crippen LogP contribution in [0.4, 0.5) is 0 Å². The third-order valence-electron chi connectivity index (χ3n) is 2.35. The van der Waals surface area contributed by atoms with Gasteiger partial charge >= 0.3 is 112 Å². The fourth-order valence-electron chi connectivity index (χ4n) is 1.64. The summed E-state index contributed by atoms with van der Waals surface area (Å²) in [7, 11) is 0. The average Bonchev–Trinajstić information content (AvgIpc) is 2.50. The summed E-state index contributed by atoms with van der Waals surface area (Å²) in [4.78, 5) is 2.43. The quantitative estimate of drug-likeness (QED) is 0.268. The zero-order valence-corrected chi connectivity index (χ0v) is 14.0. The standard InChI is InChI=1S/C9H17I3/c1-11-6-4-9-8(2-5-10)3-7-12-9/h8-9H,2-7H2,1H3/q-2. The molecular formula is C9H17I3-2. The van der Waals surface area contributed by atoms with E-state index in [2.05, 4.69) is 27.5 Å². The van der Waals surface area contributed by atoms with Crippen LogP contribution in [0.15, 0.2) is 0 Å². The first-order valence-electron chi connectivity index (χ1n) is 4.46. The number of hydrogen-bond donors (Lipinski definition) is 0. The Morgan fingerprint density at radius 3 is 3.00 bits per heavy atom. The van der Waals surface area contributed by atoms with Crippen LogP contribution < -0.4 is 42.4 Å². The summed E-state index contributed by atoms with van der Waals surface area (Å²) in [5.41, 5.74) is 0. The van der Waals surface area contributed by atoms with Crippen molar-refractivity contribution in [1.29, 1.82) is 0 Å². The van der Waals surface area contributed by atoms with Crippen molar-refractivity contribution in [3.05, 3.63) is 0 Å². The fourth-order valence-corrected chi connectivity index (χ4v) is 9.08. The molecule has 12 heavy (non-hydrogen) atoms. The van der Waals surface area contributed by atoms with Gasteiger partial charge in [-0.3, -0.25) is 0 Å². The Morgan fingerprint density at radius 1 is 1.50 bits per heavy atom. The molecule has 0 radical (unpaired) electrons. The van der Waals surface area contributed by atoms with Crippen LogP contribution in [0.3, 0.4) is 0 Å². The van der Waals surface area contributed by atoms with Crippen LogP contribution in [0.5, 0.6) is 0 Å². The molecule has 0 saturated carbocycles. The van der Waals surface area contributed by atoms with E-state index >= 15 is 0 Å². The molecule has 0 aromatic heterocycles. The predicted octanol–water partition coefficient (Wildman–Crippen LogP) is -3.60. The molecule has 3 heteroatoms. The molecule has 1 heterocycles. The molecule has 2 unspecified atom stereocenters. The van der Waals surface area contributed by atoms with Crippen molar-refractivity contribution in [2.45, 2.75) is 23.2 Å².